The van der Waals surface area contributed by atoms with Crippen LogP contribution >= 0.6 is 36.6 Å². The lowest BCUT2D eigenvalue weighted by molar-refractivity contribution is -0.137. The molecular weight excluding hydrogens is 318 g/mol. The maximum atomic E-state index is 11.1. The minimum absolute atomic E-state index is 0.0640. The van der Waals surface area contributed by atoms with E-state index < -0.39 is 5.97 Å². The number of aliphatic carboxylic acids is 1. The minimum Gasteiger partial charge on any atom is -0.481 e. The van der Waals surface area contributed by atoms with Gasteiger partial charge in [0.05, 0.1) is 12.1 Å². The largest absolute Gasteiger partial charge is 0.481 e. The quantitative estimate of drug-likeness (QED) is 0.221. The summed E-state index contributed by atoms with van der Waals surface area (Å²) >= 11 is 9.52. The predicted octanol–water partition coefficient (Wildman–Crippen LogP) is 0.957. The van der Waals surface area contributed by atoms with Gasteiger partial charge in [0.2, 0.25) is 0 Å². The number of rotatable bonds is 5. The molecular formula is C11H19N3O3S3. The molecule has 2 aliphatic heterocycles. The summed E-state index contributed by atoms with van der Waals surface area (Å²) in [5, 5.41) is 14.8. The zero-order chi connectivity index (χ0) is 15.1. The minimum atomic E-state index is -0.729. The molecule has 6 nitrogen and oxygen atoms in total. The van der Waals surface area contributed by atoms with Crippen LogP contribution < -0.4 is 16.4 Å². The van der Waals surface area contributed by atoms with Crippen LogP contribution in [0.1, 0.15) is 25.7 Å². The number of hydrogen-bond acceptors (Lipinski definition) is 4. The highest BCUT2D eigenvalue weighted by Crippen LogP contribution is 2.33. The van der Waals surface area contributed by atoms with Gasteiger partial charge in [0.15, 0.2) is 0 Å². The summed E-state index contributed by atoms with van der Waals surface area (Å²) < 4.78 is 0.194. The number of unbranched alkanes of at least 4 members (excludes halogenated alkanes) is 1. The Balaban J connectivity index is 0.000000444. The number of thioether (sulfide) groups is 1. The Morgan fingerprint density at radius 1 is 1.50 bits per heavy atom. The van der Waals surface area contributed by atoms with Gasteiger partial charge in [-0.25, -0.2) is 4.79 Å². The van der Waals surface area contributed by atoms with E-state index >= 15 is 0 Å². The number of thiol groups is 1. The molecule has 9 heteroatoms. The first-order chi connectivity index (χ1) is 9.40. The van der Waals surface area contributed by atoms with E-state index in [2.05, 4.69) is 35.5 Å². The topological polar surface area (TPSA) is 104 Å². The molecule has 20 heavy (non-hydrogen) atoms. The van der Waals surface area contributed by atoms with Crippen LogP contribution in [-0.4, -0.2) is 44.5 Å². The average molecular weight is 337 g/mol. The second-order valence-corrected chi connectivity index (χ2v) is 7.10. The molecule has 5 N–H and O–H groups in total. The zero-order valence-electron chi connectivity index (χ0n) is 10.9. The number of nitrogens with two attached hydrogens (primary N) is 1. The SMILES string of the molecule is NC(=S)S.O=C(O)CCCC[C@@H]1SC[C@@H]2NC(=O)N[C@@H]21. The van der Waals surface area contributed by atoms with Crippen molar-refractivity contribution in [1.82, 2.24) is 10.6 Å². The van der Waals surface area contributed by atoms with Gasteiger partial charge in [-0.1, -0.05) is 18.6 Å². The molecule has 0 aromatic carbocycles. The van der Waals surface area contributed by atoms with E-state index in [-0.39, 0.29) is 28.9 Å². The van der Waals surface area contributed by atoms with E-state index in [0.717, 1.165) is 25.0 Å². The third-order valence-electron chi connectivity index (χ3n) is 3.07. The van der Waals surface area contributed by atoms with Crippen molar-refractivity contribution in [2.75, 3.05) is 5.75 Å². The normalized spacial score (nSPS) is 26.9. The molecule has 114 valence electrons. The summed E-state index contributed by atoms with van der Waals surface area (Å²) in [5.74, 6) is 0.236. The summed E-state index contributed by atoms with van der Waals surface area (Å²) in [6.45, 7) is 0. The first kappa shape index (κ1) is 17.4. The maximum Gasteiger partial charge on any atom is 0.315 e. The number of carbonyl (C=O) groups is 2. The first-order valence-electron chi connectivity index (χ1n) is 6.29. The molecule has 0 aromatic rings. The summed E-state index contributed by atoms with van der Waals surface area (Å²) in [6.07, 6.45) is 2.88. The van der Waals surface area contributed by atoms with Crippen LogP contribution in [0.2, 0.25) is 0 Å². The Morgan fingerprint density at radius 2 is 2.15 bits per heavy atom. The van der Waals surface area contributed by atoms with Crippen LogP contribution in [-0.2, 0) is 4.79 Å². The average Bonchev–Trinajstić information content (AvgIpc) is 2.83. The van der Waals surface area contributed by atoms with Crippen LogP contribution in [0.4, 0.5) is 4.79 Å². The molecule has 2 aliphatic rings. The first-order valence-corrected chi connectivity index (χ1v) is 8.19. The van der Waals surface area contributed by atoms with Crippen molar-refractivity contribution < 1.29 is 14.7 Å². The van der Waals surface area contributed by atoms with E-state index in [0.29, 0.717) is 5.25 Å². The van der Waals surface area contributed by atoms with Gasteiger partial charge >= 0.3 is 12.0 Å². The number of carboxylic acid groups (broad SMARTS) is 1. The van der Waals surface area contributed by atoms with Gasteiger partial charge in [-0.3, -0.25) is 4.79 Å². The Morgan fingerprint density at radius 3 is 2.75 bits per heavy atom. The molecule has 2 heterocycles. The molecule has 0 saturated carbocycles. The Hall–Kier alpha value is -0.670. The lowest BCUT2D eigenvalue weighted by Gasteiger charge is -2.16. The molecule has 2 amide bonds. The number of fused-ring (bicyclic) bond motifs is 1. The molecule has 0 aromatic heterocycles. The molecule has 2 fully saturated rings. The van der Waals surface area contributed by atoms with E-state index in [1.807, 2.05) is 11.8 Å². The highest BCUT2D eigenvalue weighted by molar-refractivity contribution is 8.10. The Bertz CT molecular complexity index is 377. The molecule has 0 unspecified atom stereocenters. The van der Waals surface area contributed by atoms with Crippen molar-refractivity contribution in [3.05, 3.63) is 0 Å². The van der Waals surface area contributed by atoms with Crippen molar-refractivity contribution in [2.45, 2.75) is 43.0 Å². The van der Waals surface area contributed by atoms with Gasteiger partial charge in [0.1, 0.15) is 4.32 Å². The van der Waals surface area contributed by atoms with Gasteiger partial charge in [-0.2, -0.15) is 11.8 Å². The molecule has 0 spiro atoms. The van der Waals surface area contributed by atoms with Crippen molar-refractivity contribution in [3.63, 3.8) is 0 Å². The highest BCUT2D eigenvalue weighted by atomic mass is 32.2. The molecule has 2 rings (SSSR count). The molecule has 0 bridgehead atoms. The smallest absolute Gasteiger partial charge is 0.315 e. The summed E-state index contributed by atoms with van der Waals surface area (Å²) in [7, 11) is 0. The van der Waals surface area contributed by atoms with Crippen molar-refractivity contribution in [2.24, 2.45) is 5.73 Å². The second-order valence-electron chi connectivity index (χ2n) is 4.60. The fourth-order valence-corrected chi connectivity index (χ4v) is 3.81. The highest BCUT2D eigenvalue weighted by Gasteiger charge is 2.42. The fourth-order valence-electron chi connectivity index (χ4n) is 2.26. The number of carbonyl (C=O) groups excluding carboxylic acids is 1. The van der Waals surface area contributed by atoms with Crippen LogP contribution in [0.5, 0.6) is 0 Å². The standard InChI is InChI=1S/C10H16N2O3S.CH3NS2/c13-8(14)4-2-1-3-7-9-6(5-16-7)11-10(15)12-9;2-1(3)4/h6-7,9H,1-5H2,(H,13,14)(H2,11,12,15);(H3,2,3,4)/t6-,7-,9-;/m0./s1. The molecule has 2 saturated heterocycles. The lowest BCUT2D eigenvalue weighted by atomic mass is 10.0. The summed E-state index contributed by atoms with van der Waals surface area (Å²) in [4.78, 5) is 21.5. The fraction of sp³-hybridized carbons (Fsp3) is 0.727. The predicted molar refractivity (Wildman–Crippen MR) is 87.4 cm³/mol. The zero-order valence-corrected chi connectivity index (χ0v) is 13.4. The number of carboxylic acids is 1. The van der Waals surface area contributed by atoms with Crippen LogP contribution in [0.15, 0.2) is 0 Å². The molecule has 3 atom stereocenters. The maximum absolute atomic E-state index is 11.1. The monoisotopic (exact) mass is 337 g/mol. The molecule has 0 radical (unpaired) electrons. The van der Waals surface area contributed by atoms with E-state index in [4.69, 9.17) is 10.8 Å². The van der Waals surface area contributed by atoms with E-state index in [1.165, 1.54) is 0 Å². The van der Waals surface area contributed by atoms with Crippen molar-refractivity contribution in [3.8, 4) is 0 Å². The Labute approximate surface area is 133 Å². The summed E-state index contributed by atoms with van der Waals surface area (Å²) in [6, 6.07) is 0.440. The third kappa shape index (κ3) is 6.19. The van der Waals surface area contributed by atoms with Crippen molar-refractivity contribution in [1.29, 1.82) is 0 Å². The van der Waals surface area contributed by atoms with Crippen LogP contribution in [0.25, 0.3) is 0 Å². The Kier molecular flexibility index (Phi) is 7.46. The van der Waals surface area contributed by atoms with Crippen molar-refractivity contribution >= 4 is 52.9 Å². The van der Waals surface area contributed by atoms with Crippen LogP contribution in [0, 0.1) is 0 Å². The van der Waals surface area contributed by atoms with E-state index in [9.17, 15) is 9.59 Å². The number of nitrogens with one attached hydrogen (secondary N) is 2. The van der Waals surface area contributed by atoms with Crippen LogP contribution in [0.3, 0.4) is 0 Å². The number of hydrogen-bond donors (Lipinski definition) is 5. The third-order valence-corrected chi connectivity index (χ3v) is 4.58. The summed E-state index contributed by atoms with van der Waals surface area (Å²) in [5.41, 5.74) is 4.71. The van der Waals surface area contributed by atoms with Gasteiger partial charge in [-0.15, -0.1) is 12.6 Å². The number of urea groups is 1. The number of thiocarbonyl (C=S) groups is 1. The number of amides is 2. The molecule has 0 aliphatic carbocycles. The van der Waals surface area contributed by atoms with Gasteiger partial charge in [-0.05, 0) is 12.8 Å². The van der Waals surface area contributed by atoms with Gasteiger partial charge in [0, 0.05) is 17.4 Å². The van der Waals surface area contributed by atoms with E-state index in [1.54, 1.807) is 0 Å². The van der Waals surface area contributed by atoms with Gasteiger partial charge < -0.3 is 21.5 Å². The second kappa shape index (κ2) is 8.58. The lowest BCUT2D eigenvalue weighted by Crippen LogP contribution is -2.36. The van der Waals surface area contributed by atoms with Gasteiger partial charge in [0.25, 0.3) is 0 Å².